The van der Waals surface area contributed by atoms with Crippen LogP contribution in [0.15, 0.2) is 104 Å². The highest BCUT2D eigenvalue weighted by Gasteiger charge is 2.26. The van der Waals surface area contributed by atoms with E-state index >= 15 is 0 Å². The summed E-state index contributed by atoms with van der Waals surface area (Å²) in [5.41, 5.74) is 9.89. The van der Waals surface area contributed by atoms with Gasteiger partial charge in [-0.25, -0.2) is 4.98 Å². The molecular weight excluding hydrogens is 522 g/mol. The van der Waals surface area contributed by atoms with Crippen LogP contribution in [0.5, 0.6) is 0 Å². The number of benzene rings is 4. The maximum Gasteiger partial charge on any atom is 0.194 e. The van der Waals surface area contributed by atoms with Gasteiger partial charge in [0, 0.05) is 64.8 Å². The molecule has 0 amide bonds. The molecule has 0 bridgehead atoms. The lowest BCUT2D eigenvalue weighted by atomic mass is 9.94. The Morgan fingerprint density at radius 3 is 2.37 bits per heavy atom. The molecule has 2 aliphatic rings. The van der Waals surface area contributed by atoms with Gasteiger partial charge < -0.3 is 14.7 Å². The molecule has 4 heterocycles. The van der Waals surface area contributed by atoms with Crippen molar-refractivity contribution in [3.05, 3.63) is 120 Å². The Kier molecular flexibility index (Phi) is 5.47. The molecule has 0 N–H and O–H groups in total. The fraction of sp³-hybridized carbons (Fsp3) is 0.171. The van der Waals surface area contributed by atoms with Crippen molar-refractivity contribution in [2.45, 2.75) is 26.2 Å². The topological polar surface area (TPSA) is 27.5 Å². The van der Waals surface area contributed by atoms with Crippen LogP contribution in [0.25, 0.3) is 26.9 Å². The maximum absolute atomic E-state index is 4.91. The van der Waals surface area contributed by atoms with Crippen molar-refractivity contribution in [2.75, 3.05) is 23.5 Å². The number of nitrogens with zero attached hydrogens (tertiary/aromatic N) is 5. The molecule has 0 radical (unpaired) electrons. The normalized spacial score (nSPS) is 14.5. The minimum Gasteiger partial charge on any atom is -0.361 e. The molecule has 6 heteroatoms. The number of anilines is 4. The average Bonchev–Trinajstić information content (AvgIpc) is 3.72. The molecule has 2 aliphatic heterocycles. The Balaban J connectivity index is 1.35. The zero-order valence-electron chi connectivity index (χ0n) is 23.5. The van der Waals surface area contributed by atoms with Crippen molar-refractivity contribution in [3.8, 4) is 5.13 Å². The van der Waals surface area contributed by atoms with Gasteiger partial charge in [0.15, 0.2) is 5.13 Å². The van der Waals surface area contributed by atoms with Gasteiger partial charge in [0.1, 0.15) is 0 Å². The molecule has 0 saturated carbocycles. The van der Waals surface area contributed by atoms with Gasteiger partial charge in [0.05, 0.1) is 23.4 Å². The number of hydrogen-bond donors (Lipinski definition) is 0. The molecule has 0 atom stereocenters. The largest absolute Gasteiger partial charge is 0.361 e. The molecule has 0 aliphatic carbocycles. The number of rotatable bonds is 4. The lowest BCUT2D eigenvalue weighted by molar-refractivity contribution is 0.496. The van der Waals surface area contributed by atoms with E-state index in [-0.39, 0.29) is 0 Å². The highest BCUT2D eigenvalue weighted by molar-refractivity contribution is 7.14. The van der Waals surface area contributed by atoms with E-state index in [0.717, 1.165) is 23.9 Å². The van der Waals surface area contributed by atoms with Gasteiger partial charge in [-0.15, -0.1) is 11.3 Å². The quantitative estimate of drug-likeness (QED) is 0.217. The molecular formula is C35H31N5S. The van der Waals surface area contributed by atoms with Crippen molar-refractivity contribution in [1.29, 1.82) is 0 Å². The van der Waals surface area contributed by atoms with Gasteiger partial charge >= 0.3 is 0 Å². The summed E-state index contributed by atoms with van der Waals surface area (Å²) in [5.74, 6) is 0.450. The van der Waals surface area contributed by atoms with Gasteiger partial charge in [0.2, 0.25) is 0 Å². The van der Waals surface area contributed by atoms with Crippen LogP contribution < -0.4 is 9.80 Å². The van der Waals surface area contributed by atoms with Crippen molar-refractivity contribution >= 4 is 55.9 Å². The number of thiazole rings is 1. The van der Waals surface area contributed by atoms with Crippen molar-refractivity contribution in [1.82, 2.24) is 14.5 Å². The monoisotopic (exact) mass is 553 g/mol. The molecule has 41 heavy (non-hydrogen) atoms. The van der Waals surface area contributed by atoms with Crippen molar-refractivity contribution < 1.29 is 0 Å². The predicted octanol–water partition coefficient (Wildman–Crippen LogP) is 8.92. The lowest BCUT2D eigenvalue weighted by Gasteiger charge is -2.34. The van der Waals surface area contributed by atoms with Crippen LogP contribution in [0.1, 0.15) is 35.8 Å². The number of hydrogen-bond acceptors (Lipinski definition) is 5. The van der Waals surface area contributed by atoms with Gasteiger partial charge in [0.25, 0.3) is 0 Å². The second-order valence-corrected chi connectivity index (χ2v) is 12.4. The van der Waals surface area contributed by atoms with Crippen LogP contribution in [0.3, 0.4) is 0 Å². The summed E-state index contributed by atoms with van der Waals surface area (Å²) in [6.45, 7) is 5.32. The molecule has 0 spiro atoms. The summed E-state index contributed by atoms with van der Waals surface area (Å²) < 4.78 is 2.35. The van der Waals surface area contributed by atoms with E-state index in [1.54, 1.807) is 11.3 Å². The van der Waals surface area contributed by atoms with Crippen LogP contribution in [-0.2, 0) is 6.42 Å². The molecule has 6 aromatic rings. The molecule has 0 fully saturated rings. The highest BCUT2D eigenvalue weighted by Crippen LogP contribution is 2.46. The molecule has 8 rings (SSSR count). The van der Waals surface area contributed by atoms with Gasteiger partial charge in [-0.1, -0.05) is 62.4 Å². The minimum absolute atomic E-state index is 0.450. The van der Waals surface area contributed by atoms with Gasteiger partial charge in [-0.2, -0.15) is 0 Å². The fourth-order valence-corrected chi connectivity index (χ4v) is 7.17. The number of para-hydroxylation sites is 2. The van der Waals surface area contributed by atoms with Crippen LogP contribution in [0.2, 0.25) is 0 Å². The molecule has 0 unspecified atom stereocenters. The number of fused-ring (bicyclic) bond motifs is 5. The Morgan fingerprint density at radius 1 is 0.756 bits per heavy atom. The second kappa shape index (κ2) is 9.25. The summed E-state index contributed by atoms with van der Waals surface area (Å²) in [7, 11) is 2.11. The molecule has 4 aromatic carbocycles. The van der Waals surface area contributed by atoms with E-state index in [9.17, 15) is 0 Å². The van der Waals surface area contributed by atoms with Gasteiger partial charge in [-0.05, 0) is 53.4 Å². The van der Waals surface area contributed by atoms with E-state index in [4.69, 9.17) is 4.98 Å². The predicted molar refractivity (Wildman–Crippen MR) is 172 cm³/mol. The van der Waals surface area contributed by atoms with Gasteiger partial charge in [-0.3, -0.25) is 4.57 Å². The van der Waals surface area contributed by atoms with E-state index < -0.39 is 0 Å². The summed E-state index contributed by atoms with van der Waals surface area (Å²) in [6.07, 6.45) is 7.25. The first-order valence-corrected chi connectivity index (χ1v) is 15.0. The van der Waals surface area contributed by atoms with Crippen LogP contribution in [0.4, 0.5) is 22.7 Å². The third-order valence-corrected chi connectivity index (χ3v) is 9.60. The first-order chi connectivity index (χ1) is 20.0. The van der Waals surface area contributed by atoms with Crippen molar-refractivity contribution in [2.24, 2.45) is 0 Å². The van der Waals surface area contributed by atoms with Crippen LogP contribution >= 0.6 is 11.3 Å². The van der Waals surface area contributed by atoms with Crippen molar-refractivity contribution in [3.63, 3.8) is 0 Å². The Hall–Kier alpha value is -4.55. The summed E-state index contributed by atoms with van der Waals surface area (Å²) in [6, 6.07) is 31.3. The standard InChI is InChI=1S/C35H31N5S/c1-23(2)34-21-36-35(41-34)40-31-11-7-5-9-28(31)29-15-14-27(20-33(29)40)39-30-10-6-4-8-24(30)18-25-12-13-26(19-32(25)39)38-17-16-37(3)22-38/h4-17,19-21,23H,18,22H2,1-3H3. The smallest absolute Gasteiger partial charge is 0.194 e. The molecule has 0 saturated heterocycles. The lowest BCUT2D eigenvalue weighted by Crippen LogP contribution is -2.23. The maximum atomic E-state index is 4.91. The highest BCUT2D eigenvalue weighted by atomic mass is 32.1. The van der Waals surface area contributed by atoms with Crippen LogP contribution in [0, 0.1) is 0 Å². The third kappa shape index (κ3) is 3.85. The first kappa shape index (κ1) is 24.3. The zero-order chi connectivity index (χ0) is 27.7. The summed E-state index contributed by atoms with van der Waals surface area (Å²) >= 11 is 1.79. The molecule has 202 valence electrons. The number of aromatic nitrogens is 2. The van der Waals surface area contributed by atoms with E-state index in [0.29, 0.717) is 5.92 Å². The Labute approximate surface area is 244 Å². The van der Waals surface area contributed by atoms with E-state index in [1.165, 1.54) is 54.9 Å². The fourth-order valence-electron chi connectivity index (χ4n) is 6.23. The zero-order valence-corrected chi connectivity index (χ0v) is 24.3. The molecule has 2 aromatic heterocycles. The molecule has 5 nitrogen and oxygen atoms in total. The van der Waals surface area contributed by atoms with Crippen LogP contribution in [-0.4, -0.2) is 28.2 Å². The summed E-state index contributed by atoms with van der Waals surface area (Å²) in [5, 5.41) is 3.51. The van der Waals surface area contributed by atoms with E-state index in [1.807, 2.05) is 6.20 Å². The second-order valence-electron chi connectivity index (χ2n) is 11.4. The Morgan fingerprint density at radius 2 is 1.54 bits per heavy atom. The third-order valence-electron chi connectivity index (χ3n) is 8.32. The minimum atomic E-state index is 0.450. The van der Waals surface area contributed by atoms with E-state index in [2.05, 4.69) is 137 Å². The SMILES string of the molecule is CC(C)c1cnc(-n2c3ccccc3c3ccc(N4c5ccccc5Cc5ccc(N6C=CN(C)C6)cc54)cc32)s1. The summed E-state index contributed by atoms with van der Waals surface area (Å²) in [4.78, 5) is 13.2. The average molecular weight is 554 g/mol. The Bertz CT molecular complexity index is 1980. The first-order valence-electron chi connectivity index (χ1n) is 14.2.